The first-order valence-corrected chi connectivity index (χ1v) is 8.05. The lowest BCUT2D eigenvalue weighted by molar-refractivity contribution is -0.134. The molecule has 6 nitrogen and oxygen atoms in total. The molecule has 0 radical (unpaired) electrons. The maximum absolute atomic E-state index is 10.8. The van der Waals surface area contributed by atoms with E-state index in [0.717, 1.165) is 5.56 Å². The Bertz CT molecular complexity index is 851. The van der Waals surface area contributed by atoms with Crippen molar-refractivity contribution < 1.29 is 9.90 Å². The average molecular weight is 367 g/mol. The van der Waals surface area contributed by atoms with Crippen LogP contribution >= 0.6 is 23.2 Å². The van der Waals surface area contributed by atoms with Gasteiger partial charge in [-0.15, -0.1) is 0 Å². The third-order valence-corrected chi connectivity index (χ3v) is 3.89. The van der Waals surface area contributed by atoms with Gasteiger partial charge in [0.2, 0.25) is 0 Å². The zero-order valence-corrected chi connectivity index (χ0v) is 14.6. The van der Waals surface area contributed by atoms with Crippen molar-refractivity contribution in [2.75, 3.05) is 11.9 Å². The van der Waals surface area contributed by atoms with E-state index in [0.29, 0.717) is 32.3 Å². The van der Waals surface area contributed by atoms with Crippen LogP contribution in [0, 0.1) is 0 Å². The molecule has 3 rings (SSSR count). The van der Waals surface area contributed by atoms with Gasteiger partial charge < -0.3 is 10.4 Å². The quantitative estimate of drug-likeness (QED) is 0.634. The average Bonchev–Trinajstić information content (AvgIpc) is 3.12. The van der Waals surface area contributed by atoms with Crippen LogP contribution in [0.3, 0.4) is 0 Å². The number of rotatable bonds is 4. The molecule has 24 heavy (non-hydrogen) atoms. The number of hydrogen-bond acceptors (Lipinski definition) is 4. The van der Waals surface area contributed by atoms with E-state index in [1.54, 1.807) is 30.6 Å². The molecular formula is C16H16Cl2N4O2. The molecule has 2 heterocycles. The van der Waals surface area contributed by atoms with Gasteiger partial charge in [0, 0.05) is 22.8 Å². The predicted molar refractivity (Wildman–Crippen MR) is 96.8 cm³/mol. The topological polar surface area (TPSA) is 90.9 Å². The number of halogens is 2. The predicted octanol–water partition coefficient (Wildman–Crippen LogP) is 4.45. The van der Waals surface area contributed by atoms with Crippen molar-refractivity contribution in [3.8, 4) is 11.3 Å². The molecule has 8 heteroatoms. The van der Waals surface area contributed by atoms with Crippen LogP contribution in [0.4, 0.5) is 5.69 Å². The van der Waals surface area contributed by atoms with Gasteiger partial charge in [-0.05, 0) is 18.2 Å². The molecule has 0 fully saturated rings. The number of nitrogens with one attached hydrogen (secondary N) is 2. The van der Waals surface area contributed by atoms with Crippen molar-refractivity contribution in [3.05, 3.63) is 40.6 Å². The third kappa shape index (κ3) is 3.77. The Labute approximate surface area is 148 Å². The summed E-state index contributed by atoms with van der Waals surface area (Å²) in [5, 5.41) is 19.7. The summed E-state index contributed by atoms with van der Waals surface area (Å²) < 4.78 is 0. The number of carboxylic acids is 1. The van der Waals surface area contributed by atoms with Crippen LogP contribution in [0.1, 0.15) is 13.8 Å². The van der Waals surface area contributed by atoms with Gasteiger partial charge >= 0.3 is 5.97 Å². The number of anilines is 1. The van der Waals surface area contributed by atoms with Crippen LogP contribution in [0.2, 0.25) is 10.0 Å². The van der Waals surface area contributed by atoms with Crippen molar-refractivity contribution in [2.24, 2.45) is 0 Å². The zero-order chi connectivity index (χ0) is 17.7. The number of hydrogen-bond donors (Lipinski definition) is 3. The molecule has 3 N–H and O–H groups in total. The Morgan fingerprint density at radius 1 is 1.33 bits per heavy atom. The van der Waals surface area contributed by atoms with E-state index in [1.807, 2.05) is 13.8 Å². The Kier molecular flexibility index (Phi) is 6.00. The van der Waals surface area contributed by atoms with E-state index in [2.05, 4.69) is 20.5 Å². The Hall–Kier alpha value is -2.31. The van der Waals surface area contributed by atoms with Crippen LogP contribution in [-0.2, 0) is 4.79 Å². The molecule has 126 valence electrons. The monoisotopic (exact) mass is 366 g/mol. The third-order valence-electron chi connectivity index (χ3n) is 3.10. The summed E-state index contributed by atoms with van der Waals surface area (Å²) in [6.45, 7) is 3.78. The summed E-state index contributed by atoms with van der Waals surface area (Å²) in [5.74, 6) is -0.963. The molecule has 0 spiro atoms. The van der Waals surface area contributed by atoms with Crippen molar-refractivity contribution >= 4 is 45.8 Å². The molecular weight excluding hydrogens is 351 g/mol. The highest BCUT2D eigenvalue weighted by molar-refractivity contribution is 6.45. The lowest BCUT2D eigenvalue weighted by Crippen LogP contribution is -2.12. The summed E-state index contributed by atoms with van der Waals surface area (Å²) in [6.07, 6.45) is 3.31. The first-order chi connectivity index (χ1) is 11.6. The fourth-order valence-corrected chi connectivity index (χ4v) is 2.45. The SMILES string of the molecule is CC.O=C(O)CNc1cc(-c2cn[nH]c2)nc2c(Cl)c(Cl)ccc12. The number of fused-ring (bicyclic) bond motifs is 1. The number of nitrogens with zero attached hydrogens (tertiary/aromatic N) is 2. The lowest BCUT2D eigenvalue weighted by atomic mass is 10.1. The maximum atomic E-state index is 10.8. The summed E-state index contributed by atoms with van der Waals surface area (Å²) in [5.41, 5.74) is 2.48. The van der Waals surface area contributed by atoms with E-state index >= 15 is 0 Å². The van der Waals surface area contributed by atoms with Gasteiger partial charge in [0.25, 0.3) is 0 Å². The fraction of sp³-hybridized carbons (Fsp3) is 0.188. The molecule has 0 bridgehead atoms. The number of H-pyrrole nitrogens is 1. The minimum absolute atomic E-state index is 0.218. The second-order valence-electron chi connectivity index (χ2n) is 4.55. The largest absolute Gasteiger partial charge is 0.480 e. The highest BCUT2D eigenvalue weighted by atomic mass is 35.5. The van der Waals surface area contributed by atoms with Gasteiger partial charge in [-0.3, -0.25) is 9.89 Å². The first kappa shape index (κ1) is 18.0. The summed E-state index contributed by atoms with van der Waals surface area (Å²) >= 11 is 12.3. The molecule has 0 aliphatic rings. The minimum Gasteiger partial charge on any atom is -0.480 e. The molecule has 0 unspecified atom stereocenters. The fourth-order valence-electron chi connectivity index (χ4n) is 2.09. The molecule has 0 aliphatic carbocycles. The van der Waals surface area contributed by atoms with Crippen LogP contribution in [0.5, 0.6) is 0 Å². The zero-order valence-electron chi connectivity index (χ0n) is 13.1. The highest BCUT2D eigenvalue weighted by Gasteiger charge is 2.13. The number of carboxylic acid groups (broad SMARTS) is 1. The summed E-state index contributed by atoms with van der Waals surface area (Å²) in [7, 11) is 0. The summed E-state index contributed by atoms with van der Waals surface area (Å²) in [6, 6.07) is 5.15. The number of aromatic amines is 1. The molecule has 2 aromatic heterocycles. The normalized spacial score (nSPS) is 10.2. The number of pyridine rings is 1. The molecule has 0 aliphatic heterocycles. The van der Waals surface area contributed by atoms with Crippen LogP contribution in [0.15, 0.2) is 30.6 Å². The first-order valence-electron chi connectivity index (χ1n) is 7.30. The van der Waals surface area contributed by atoms with E-state index in [1.165, 1.54) is 0 Å². The van der Waals surface area contributed by atoms with Crippen molar-refractivity contribution in [3.63, 3.8) is 0 Å². The summed E-state index contributed by atoms with van der Waals surface area (Å²) in [4.78, 5) is 15.3. The maximum Gasteiger partial charge on any atom is 0.322 e. The molecule has 0 saturated carbocycles. The van der Waals surface area contributed by atoms with Crippen molar-refractivity contribution in [1.29, 1.82) is 0 Å². The van der Waals surface area contributed by atoms with Crippen molar-refractivity contribution in [1.82, 2.24) is 15.2 Å². The molecule has 1 aromatic carbocycles. The van der Waals surface area contributed by atoms with Crippen molar-refractivity contribution in [2.45, 2.75) is 13.8 Å². The molecule has 0 saturated heterocycles. The van der Waals surface area contributed by atoms with Gasteiger partial charge in [-0.1, -0.05) is 37.0 Å². The standard InChI is InChI=1S/C14H10Cl2N4O2.C2H6/c15-9-2-1-8-11(17-6-12(21)22)3-10(7-4-18-19-5-7)20-14(8)13(9)16;1-2/h1-5H,6H2,(H,17,20)(H,18,19)(H,21,22);1-2H3. The molecule has 0 atom stereocenters. The van der Waals surface area contributed by atoms with Gasteiger partial charge in [0.05, 0.1) is 27.5 Å². The van der Waals surface area contributed by atoms with Crippen LogP contribution in [0.25, 0.3) is 22.2 Å². The Morgan fingerprint density at radius 2 is 2.08 bits per heavy atom. The second kappa shape index (κ2) is 7.99. The second-order valence-corrected chi connectivity index (χ2v) is 5.33. The molecule has 3 aromatic rings. The Morgan fingerprint density at radius 3 is 2.71 bits per heavy atom. The van der Waals surface area contributed by atoms with Gasteiger partial charge in [0.1, 0.15) is 6.54 Å². The number of aromatic nitrogens is 3. The molecule has 0 amide bonds. The van der Waals surface area contributed by atoms with Gasteiger partial charge in [-0.2, -0.15) is 5.10 Å². The smallest absolute Gasteiger partial charge is 0.322 e. The van der Waals surface area contributed by atoms with Crippen LogP contribution < -0.4 is 5.32 Å². The highest BCUT2D eigenvalue weighted by Crippen LogP contribution is 2.35. The number of aliphatic carboxylic acids is 1. The van der Waals surface area contributed by atoms with E-state index in [9.17, 15) is 4.79 Å². The number of carbonyl (C=O) groups is 1. The number of benzene rings is 1. The van der Waals surface area contributed by atoms with Gasteiger partial charge in [0.15, 0.2) is 0 Å². The van der Waals surface area contributed by atoms with Crippen LogP contribution in [-0.4, -0.2) is 32.8 Å². The Balaban J connectivity index is 0.00000100. The van der Waals surface area contributed by atoms with E-state index < -0.39 is 5.97 Å². The van der Waals surface area contributed by atoms with E-state index in [-0.39, 0.29) is 6.54 Å². The van der Waals surface area contributed by atoms with Gasteiger partial charge in [-0.25, -0.2) is 4.98 Å². The lowest BCUT2D eigenvalue weighted by Gasteiger charge is -2.11. The van der Waals surface area contributed by atoms with E-state index in [4.69, 9.17) is 28.3 Å². The minimum atomic E-state index is -0.963.